The van der Waals surface area contributed by atoms with Crippen LogP contribution in [-0.4, -0.2) is 38.6 Å². The van der Waals surface area contributed by atoms with E-state index in [0.29, 0.717) is 29.6 Å². The zero-order chi connectivity index (χ0) is 21.6. The van der Waals surface area contributed by atoms with E-state index in [1.807, 2.05) is 26.0 Å². The molecule has 1 aliphatic carbocycles. The molecule has 162 valence electrons. The summed E-state index contributed by atoms with van der Waals surface area (Å²) < 4.78 is 0. The molecule has 0 saturated heterocycles. The molecule has 7 nitrogen and oxygen atoms in total. The molecule has 0 amide bonds. The molecular formula is C23H29N7S. The van der Waals surface area contributed by atoms with Crippen LogP contribution in [0.2, 0.25) is 0 Å². The van der Waals surface area contributed by atoms with Gasteiger partial charge in [-0.2, -0.15) is 0 Å². The van der Waals surface area contributed by atoms with Crippen LogP contribution in [0, 0.1) is 13.8 Å². The van der Waals surface area contributed by atoms with Gasteiger partial charge in [-0.25, -0.2) is 9.97 Å². The fourth-order valence-corrected chi connectivity index (χ4v) is 4.29. The van der Waals surface area contributed by atoms with Gasteiger partial charge in [0.25, 0.3) is 0 Å². The standard InChI is InChI=1S/C23H29N7S/c1-15-13-16(2)27-22(26-15)29-21(30-23(31)28-18-7-3-4-8-18)24-12-11-17-14-25-20-10-6-5-9-19(17)20/h5-6,9-10,13-14,18,25H,3-4,7-8,11-12H2,1-2H3,(H3,24,26,27,28,29,30,31). The first-order valence-corrected chi connectivity index (χ1v) is 11.2. The van der Waals surface area contributed by atoms with Gasteiger partial charge >= 0.3 is 0 Å². The quantitative estimate of drug-likeness (QED) is 0.275. The van der Waals surface area contributed by atoms with Gasteiger partial charge in [0, 0.05) is 41.1 Å². The average Bonchev–Trinajstić information content (AvgIpc) is 3.37. The highest BCUT2D eigenvalue weighted by molar-refractivity contribution is 7.80. The lowest BCUT2D eigenvalue weighted by Gasteiger charge is -2.17. The van der Waals surface area contributed by atoms with Crippen LogP contribution in [0.1, 0.15) is 42.6 Å². The second-order valence-corrected chi connectivity index (χ2v) is 8.43. The van der Waals surface area contributed by atoms with E-state index in [0.717, 1.165) is 36.2 Å². The highest BCUT2D eigenvalue weighted by Crippen LogP contribution is 2.18. The number of anilines is 1. The summed E-state index contributed by atoms with van der Waals surface area (Å²) in [5.74, 6) is 1.07. The fourth-order valence-electron chi connectivity index (χ4n) is 4.02. The largest absolute Gasteiger partial charge is 0.361 e. The van der Waals surface area contributed by atoms with E-state index >= 15 is 0 Å². The molecule has 0 unspecified atom stereocenters. The number of hydrogen-bond donors (Lipinski definition) is 4. The molecule has 4 N–H and O–H groups in total. The lowest BCUT2D eigenvalue weighted by Crippen LogP contribution is -2.46. The van der Waals surface area contributed by atoms with E-state index in [9.17, 15) is 0 Å². The third-order valence-corrected chi connectivity index (χ3v) is 5.68. The van der Waals surface area contributed by atoms with Crippen LogP contribution >= 0.6 is 12.2 Å². The van der Waals surface area contributed by atoms with Crippen LogP contribution in [0.25, 0.3) is 10.9 Å². The molecule has 8 heteroatoms. The van der Waals surface area contributed by atoms with Gasteiger partial charge in [0.15, 0.2) is 5.11 Å². The summed E-state index contributed by atoms with van der Waals surface area (Å²) in [5, 5.41) is 11.6. The van der Waals surface area contributed by atoms with Crippen molar-refractivity contribution in [2.45, 2.75) is 52.0 Å². The van der Waals surface area contributed by atoms with Crippen molar-refractivity contribution in [3.05, 3.63) is 53.5 Å². The van der Waals surface area contributed by atoms with Crippen molar-refractivity contribution in [2.24, 2.45) is 4.99 Å². The summed E-state index contributed by atoms with van der Waals surface area (Å²) >= 11 is 5.54. The van der Waals surface area contributed by atoms with Crippen LogP contribution in [0.3, 0.4) is 0 Å². The monoisotopic (exact) mass is 435 g/mol. The Hall–Kier alpha value is -3.00. The van der Waals surface area contributed by atoms with Gasteiger partial charge in [-0.15, -0.1) is 0 Å². The number of rotatable bonds is 5. The normalized spacial score (nSPS) is 14.7. The maximum absolute atomic E-state index is 5.54. The number of H-pyrrole nitrogens is 1. The lowest BCUT2D eigenvalue weighted by atomic mass is 10.1. The van der Waals surface area contributed by atoms with Gasteiger partial charge in [0.2, 0.25) is 11.9 Å². The zero-order valence-corrected chi connectivity index (χ0v) is 18.9. The molecule has 2 heterocycles. The average molecular weight is 436 g/mol. The molecule has 1 saturated carbocycles. The number of benzene rings is 1. The Morgan fingerprint density at radius 3 is 2.68 bits per heavy atom. The summed E-state index contributed by atoms with van der Waals surface area (Å²) in [5.41, 5.74) is 4.19. The SMILES string of the molecule is Cc1cc(C)nc(NC(=NCCc2c[nH]c3ccccc23)NC(=S)NC2CCCC2)n1. The summed E-state index contributed by atoms with van der Waals surface area (Å²) in [6.07, 6.45) is 7.68. The number of para-hydroxylation sites is 1. The Morgan fingerprint density at radius 2 is 1.90 bits per heavy atom. The fraction of sp³-hybridized carbons (Fsp3) is 0.391. The van der Waals surface area contributed by atoms with Gasteiger partial charge in [-0.05, 0) is 63.0 Å². The highest BCUT2D eigenvalue weighted by Gasteiger charge is 2.16. The second-order valence-electron chi connectivity index (χ2n) is 8.02. The van der Waals surface area contributed by atoms with Crippen molar-refractivity contribution in [3.63, 3.8) is 0 Å². The van der Waals surface area contributed by atoms with Crippen molar-refractivity contribution in [2.75, 3.05) is 11.9 Å². The molecule has 2 aromatic heterocycles. The smallest absolute Gasteiger partial charge is 0.229 e. The maximum Gasteiger partial charge on any atom is 0.229 e. The third kappa shape index (κ3) is 5.79. The van der Waals surface area contributed by atoms with Crippen LogP contribution in [0.4, 0.5) is 5.95 Å². The number of guanidine groups is 1. The minimum atomic E-state index is 0.435. The number of hydrogen-bond acceptors (Lipinski definition) is 4. The first-order chi connectivity index (χ1) is 15.1. The van der Waals surface area contributed by atoms with Crippen LogP contribution in [-0.2, 0) is 6.42 Å². The van der Waals surface area contributed by atoms with E-state index in [-0.39, 0.29) is 0 Å². The predicted molar refractivity (Wildman–Crippen MR) is 131 cm³/mol. The second kappa shape index (κ2) is 9.87. The zero-order valence-electron chi connectivity index (χ0n) is 18.0. The summed E-state index contributed by atoms with van der Waals surface area (Å²) in [4.78, 5) is 17.0. The molecule has 3 aromatic rings. The van der Waals surface area contributed by atoms with Crippen LogP contribution in [0.5, 0.6) is 0 Å². The summed E-state index contributed by atoms with van der Waals surface area (Å²) in [6, 6.07) is 10.7. The Balaban J connectivity index is 1.46. The molecule has 0 radical (unpaired) electrons. The molecule has 0 atom stereocenters. The molecule has 1 fully saturated rings. The van der Waals surface area contributed by atoms with E-state index in [2.05, 4.69) is 55.3 Å². The van der Waals surface area contributed by atoms with E-state index in [4.69, 9.17) is 17.2 Å². The Kier molecular flexibility index (Phi) is 6.76. The van der Waals surface area contributed by atoms with Crippen LogP contribution in [0.15, 0.2) is 41.5 Å². The van der Waals surface area contributed by atoms with Gasteiger partial charge in [0.1, 0.15) is 0 Å². The number of aliphatic imine (C=N–C) groups is 1. The van der Waals surface area contributed by atoms with Crippen molar-refractivity contribution >= 4 is 40.1 Å². The third-order valence-electron chi connectivity index (χ3n) is 5.46. The number of thiocarbonyl (C=S) groups is 1. The van der Waals surface area contributed by atoms with Crippen molar-refractivity contribution in [1.29, 1.82) is 0 Å². The molecule has 4 rings (SSSR count). The molecule has 0 spiro atoms. The van der Waals surface area contributed by atoms with Crippen LogP contribution < -0.4 is 16.0 Å². The molecule has 1 aromatic carbocycles. The highest BCUT2D eigenvalue weighted by atomic mass is 32.1. The maximum atomic E-state index is 5.54. The molecule has 1 aliphatic rings. The van der Waals surface area contributed by atoms with Crippen molar-refractivity contribution in [1.82, 2.24) is 25.6 Å². The molecule has 31 heavy (non-hydrogen) atoms. The van der Waals surface area contributed by atoms with E-state index in [1.165, 1.54) is 23.8 Å². The number of nitrogens with zero attached hydrogens (tertiary/aromatic N) is 3. The summed E-state index contributed by atoms with van der Waals surface area (Å²) in [7, 11) is 0. The minimum absolute atomic E-state index is 0.435. The molecule has 0 bridgehead atoms. The van der Waals surface area contributed by atoms with Gasteiger partial charge < -0.3 is 15.6 Å². The Labute approximate surface area is 188 Å². The van der Waals surface area contributed by atoms with Gasteiger partial charge in [0.05, 0.1) is 0 Å². The van der Waals surface area contributed by atoms with E-state index < -0.39 is 0 Å². The number of aromatic nitrogens is 3. The van der Waals surface area contributed by atoms with Crippen molar-refractivity contribution in [3.8, 4) is 0 Å². The number of aromatic amines is 1. The number of aryl methyl sites for hydroxylation is 2. The minimum Gasteiger partial charge on any atom is -0.361 e. The molecular weight excluding hydrogens is 406 g/mol. The first-order valence-electron chi connectivity index (χ1n) is 10.8. The van der Waals surface area contributed by atoms with Gasteiger partial charge in [-0.1, -0.05) is 31.0 Å². The lowest BCUT2D eigenvalue weighted by molar-refractivity contribution is 0.629. The van der Waals surface area contributed by atoms with Crippen molar-refractivity contribution < 1.29 is 0 Å². The summed E-state index contributed by atoms with van der Waals surface area (Å²) in [6.45, 7) is 4.51. The first kappa shape index (κ1) is 21.2. The molecule has 0 aliphatic heterocycles. The van der Waals surface area contributed by atoms with Gasteiger partial charge in [-0.3, -0.25) is 10.3 Å². The van der Waals surface area contributed by atoms with E-state index in [1.54, 1.807) is 0 Å². The Morgan fingerprint density at radius 1 is 1.16 bits per heavy atom. The number of fused-ring (bicyclic) bond motifs is 1. The number of nitrogens with one attached hydrogen (secondary N) is 4. The predicted octanol–water partition coefficient (Wildman–Crippen LogP) is 3.99. The topological polar surface area (TPSA) is 90.0 Å². The Bertz CT molecular complexity index is 1060.